The zero-order valence-electron chi connectivity index (χ0n) is 10.6. The maximum atomic E-state index is 11.7. The summed E-state index contributed by atoms with van der Waals surface area (Å²) in [6.45, 7) is 0. The van der Waals surface area contributed by atoms with Crippen molar-refractivity contribution in [2.24, 2.45) is 5.73 Å². The average molecular weight is 247 g/mol. The van der Waals surface area contributed by atoms with E-state index in [4.69, 9.17) is 5.73 Å². The number of amides is 1. The van der Waals surface area contributed by atoms with Gasteiger partial charge in [0.15, 0.2) is 0 Å². The topological polar surface area (TPSA) is 68.0 Å². The van der Waals surface area contributed by atoms with Gasteiger partial charge in [0.05, 0.1) is 0 Å². The Bertz CT molecular complexity index is 380. The molecule has 2 unspecified atom stereocenters. The molecule has 0 bridgehead atoms. The summed E-state index contributed by atoms with van der Waals surface area (Å²) in [5.74, 6) is 0.151. The minimum Gasteiger partial charge on any atom is -0.353 e. The van der Waals surface area contributed by atoms with E-state index in [0.717, 1.165) is 32.1 Å². The lowest BCUT2D eigenvalue weighted by molar-refractivity contribution is -0.121. The van der Waals surface area contributed by atoms with Gasteiger partial charge in [-0.3, -0.25) is 9.78 Å². The highest BCUT2D eigenvalue weighted by Crippen LogP contribution is 2.17. The van der Waals surface area contributed by atoms with Crippen LogP contribution in [-0.2, 0) is 11.2 Å². The Morgan fingerprint density at radius 3 is 3.06 bits per heavy atom. The number of hydrogen-bond donors (Lipinski definition) is 2. The molecule has 1 fully saturated rings. The number of rotatable bonds is 5. The molecule has 2 rings (SSSR count). The van der Waals surface area contributed by atoms with E-state index >= 15 is 0 Å². The van der Waals surface area contributed by atoms with Crippen molar-refractivity contribution < 1.29 is 4.79 Å². The van der Waals surface area contributed by atoms with E-state index in [1.165, 1.54) is 5.56 Å². The SMILES string of the molecule is NC1CCC(NC(=O)CCCc2cccnc2)C1. The zero-order chi connectivity index (χ0) is 12.8. The van der Waals surface area contributed by atoms with Crippen molar-refractivity contribution in [3.05, 3.63) is 30.1 Å². The fourth-order valence-electron chi connectivity index (χ4n) is 2.45. The Kier molecular flexibility index (Phi) is 4.70. The van der Waals surface area contributed by atoms with Crippen LogP contribution in [0.4, 0.5) is 0 Å². The molecular formula is C14H21N3O. The molecule has 1 heterocycles. The normalized spacial score (nSPS) is 22.9. The van der Waals surface area contributed by atoms with E-state index in [2.05, 4.69) is 10.3 Å². The number of nitrogens with two attached hydrogens (primary N) is 1. The van der Waals surface area contributed by atoms with Gasteiger partial charge in [-0.15, -0.1) is 0 Å². The second-order valence-corrected chi connectivity index (χ2v) is 5.05. The van der Waals surface area contributed by atoms with Gasteiger partial charge in [0.2, 0.25) is 5.91 Å². The Morgan fingerprint density at radius 2 is 2.39 bits per heavy atom. The predicted molar refractivity (Wildman–Crippen MR) is 70.9 cm³/mol. The fourth-order valence-corrected chi connectivity index (χ4v) is 2.45. The first-order valence-corrected chi connectivity index (χ1v) is 6.68. The van der Waals surface area contributed by atoms with E-state index in [0.29, 0.717) is 12.5 Å². The summed E-state index contributed by atoms with van der Waals surface area (Å²) in [6, 6.07) is 4.53. The summed E-state index contributed by atoms with van der Waals surface area (Å²) in [6.07, 6.45) is 8.96. The molecule has 0 spiro atoms. The minimum atomic E-state index is 0.151. The lowest BCUT2D eigenvalue weighted by Gasteiger charge is -2.12. The van der Waals surface area contributed by atoms with Crippen molar-refractivity contribution in [2.75, 3.05) is 0 Å². The van der Waals surface area contributed by atoms with Crippen LogP contribution in [0.5, 0.6) is 0 Å². The quantitative estimate of drug-likeness (QED) is 0.826. The van der Waals surface area contributed by atoms with Crippen molar-refractivity contribution in [3.63, 3.8) is 0 Å². The third-order valence-electron chi connectivity index (χ3n) is 3.43. The van der Waals surface area contributed by atoms with Crippen molar-refractivity contribution in [3.8, 4) is 0 Å². The van der Waals surface area contributed by atoms with Gasteiger partial charge in [-0.05, 0) is 43.7 Å². The molecule has 0 aromatic carbocycles. The van der Waals surface area contributed by atoms with Crippen LogP contribution >= 0.6 is 0 Å². The predicted octanol–water partition coefficient (Wildman–Crippen LogP) is 1.40. The highest BCUT2D eigenvalue weighted by atomic mass is 16.1. The van der Waals surface area contributed by atoms with Gasteiger partial charge in [0, 0.05) is 30.9 Å². The van der Waals surface area contributed by atoms with Crippen LogP contribution in [0.25, 0.3) is 0 Å². The summed E-state index contributed by atoms with van der Waals surface area (Å²) in [5.41, 5.74) is 7.01. The monoisotopic (exact) mass is 247 g/mol. The van der Waals surface area contributed by atoms with Crippen molar-refractivity contribution in [1.82, 2.24) is 10.3 Å². The van der Waals surface area contributed by atoms with Crippen molar-refractivity contribution in [1.29, 1.82) is 0 Å². The lowest BCUT2D eigenvalue weighted by Crippen LogP contribution is -2.33. The molecule has 1 aromatic heterocycles. The second kappa shape index (κ2) is 6.50. The first kappa shape index (κ1) is 13.0. The first-order valence-electron chi connectivity index (χ1n) is 6.68. The van der Waals surface area contributed by atoms with E-state index in [1.807, 2.05) is 18.3 Å². The molecule has 4 nitrogen and oxygen atoms in total. The highest BCUT2D eigenvalue weighted by Gasteiger charge is 2.22. The third-order valence-corrected chi connectivity index (χ3v) is 3.43. The van der Waals surface area contributed by atoms with Crippen LogP contribution in [0.2, 0.25) is 0 Å². The molecule has 18 heavy (non-hydrogen) atoms. The molecule has 1 amide bonds. The standard InChI is InChI=1S/C14H21N3O/c15-12-6-7-13(9-12)17-14(18)5-1-3-11-4-2-8-16-10-11/h2,4,8,10,12-13H,1,3,5-7,9,15H2,(H,17,18). The second-order valence-electron chi connectivity index (χ2n) is 5.05. The van der Waals surface area contributed by atoms with Gasteiger partial charge < -0.3 is 11.1 Å². The van der Waals surface area contributed by atoms with E-state index in [-0.39, 0.29) is 11.9 Å². The minimum absolute atomic E-state index is 0.151. The Labute approximate surface area is 108 Å². The summed E-state index contributed by atoms with van der Waals surface area (Å²) in [4.78, 5) is 15.8. The fraction of sp³-hybridized carbons (Fsp3) is 0.571. The number of carbonyl (C=O) groups is 1. The number of nitrogens with one attached hydrogen (secondary N) is 1. The number of hydrogen-bond acceptors (Lipinski definition) is 3. The summed E-state index contributed by atoms with van der Waals surface area (Å²) >= 11 is 0. The molecule has 1 aliphatic carbocycles. The largest absolute Gasteiger partial charge is 0.353 e. The number of carbonyl (C=O) groups excluding carboxylic acids is 1. The van der Waals surface area contributed by atoms with E-state index in [9.17, 15) is 4.79 Å². The van der Waals surface area contributed by atoms with Gasteiger partial charge in [0.25, 0.3) is 0 Å². The van der Waals surface area contributed by atoms with Crippen LogP contribution in [-0.4, -0.2) is 23.0 Å². The summed E-state index contributed by atoms with van der Waals surface area (Å²) < 4.78 is 0. The molecule has 2 atom stereocenters. The molecule has 3 N–H and O–H groups in total. The molecule has 0 aliphatic heterocycles. The molecule has 1 aromatic rings. The van der Waals surface area contributed by atoms with Crippen LogP contribution in [0.15, 0.2) is 24.5 Å². The van der Waals surface area contributed by atoms with Crippen LogP contribution in [0.3, 0.4) is 0 Å². The molecule has 0 radical (unpaired) electrons. The van der Waals surface area contributed by atoms with Crippen LogP contribution in [0.1, 0.15) is 37.7 Å². The zero-order valence-corrected chi connectivity index (χ0v) is 10.6. The number of aromatic nitrogens is 1. The summed E-state index contributed by atoms with van der Waals surface area (Å²) in [7, 11) is 0. The molecule has 98 valence electrons. The van der Waals surface area contributed by atoms with E-state index in [1.54, 1.807) is 6.20 Å². The Hall–Kier alpha value is -1.42. The van der Waals surface area contributed by atoms with Crippen molar-refractivity contribution >= 4 is 5.91 Å². The third kappa shape index (κ3) is 4.11. The van der Waals surface area contributed by atoms with Crippen LogP contribution in [0, 0.1) is 0 Å². The maximum Gasteiger partial charge on any atom is 0.220 e. The summed E-state index contributed by atoms with van der Waals surface area (Å²) in [5, 5.41) is 3.06. The van der Waals surface area contributed by atoms with Gasteiger partial charge in [0.1, 0.15) is 0 Å². The average Bonchev–Trinajstić information content (AvgIpc) is 2.76. The molecule has 1 aliphatic rings. The molecule has 4 heteroatoms. The van der Waals surface area contributed by atoms with Gasteiger partial charge in [-0.2, -0.15) is 0 Å². The Balaban J connectivity index is 1.63. The molecular weight excluding hydrogens is 226 g/mol. The number of nitrogens with zero attached hydrogens (tertiary/aromatic N) is 1. The van der Waals surface area contributed by atoms with E-state index < -0.39 is 0 Å². The van der Waals surface area contributed by atoms with Crippen molar-refractivity contribution in [2.45, 2.75) is 50.6 Å². The van der Waals surface area contributed by atoms with Gasteiger partial charge in [-0.25, -0.2) is 0 Å². The maximum absolute atomic E-state index is 11.7. The molecule has 0 saturated heterocycles. The smallest absolute Gasteiger partial charge is 0.220 e. The van der Waals surface area contributed by atoms with Gasteiger partial charge >= 0.3 is 0 Å². The van der Waals surface area contributed by atoms with Crippen LogP contribution < -0.4 is 11.1 Å². The molecule has 1 saturated carbocycles. The Morgan fingerprint density at radius 1 is 1.50 bits per heavy atom. The first-order chi connectivity index (χ1) is 8.74. The number of aryl methyl sites for hydroxylation is 1. The lowest BCUT2D eigenvalue weighted by atomic mass is 10.1. The van der Waals surface area contributed by atoms with Gasteiger partial charge in [-0.1, -0.05) is 6.07 Å². The number of pyridine rings is 1. The highest BCUT2D eigenvalue weighted by molar-refractivity contribution is 5.76.